The van der Waals surface area contributed by atoms with Crippen molar-refractivity contribution in [3.8, 4) is 17.0 Å². The van der Waals surface area contributed by atoms with Crippen molar-refractivity contribution < 1.29 is 13.5 Å². The summed E-state index contributed by atoms with van der Waals surface area (Å²) < 4.78 is 34.6. The molecule has 0 unspecified atom stereocenters. The number of methoxy groups -OCH3 is 1. The molecule has 5 heteroatoms. The summed E-state index contributed by atoms with van der Waals surface area (Å²) in [5.74, 6) is -0.361. The maximum Gasteiger partial charge on any atom is 0.131 e. The fourth-order valence-corrected chi connectivity index (χ4v) is 3.05. The van der Waals surface area contributed by atoms with E-state index in [1.54, 1.807) is 13.4 Å². The molecule has 1 heterocycles. The molecule has 0 saturated heterocycles. The molecule has 136 valence electrons. The van der Waals surface area contributed by atoms with Crippen molar-refractivity contribution in [2.75, 3.05) is 7.11 Å². The monoisotopic (exact) mass is 356 g/mol. The van der Waals surface area contributed by atoms with Gasteiger partial charge in [-0.25, -0.2) is 13.8 Å². The van der Waals surface area contributed by atoms with Crippen LogP contribution in [0.2, 0.25) is 0 Å². The van der Waals surface area contributed by atoms with Gasteiger partial charge < -0.3 is 9.30 Å². The van der Waals surface area contributed by atoms with E-state index in [1.807, 2.05) is 28.8 Å². The summed E-state index contributed by atoms with van der Waals surface area (Å²) in [6, 6.07) is 11.4. The van der Waals surface area contributed by atoms with Crippen molar-refractivity contribution in [3.05, 3.63) is 71.7 Å². The molecule has 0 bridgehead atoms. The third kappa shape index (κ3) is 3.77. The third-order valence-electron chi connectivity index (χ3n) is 4.43. The summed E-state index contributed by atoms with van der Waals surface area (Å²) in [6.45, 7) is 2.44. The molecule has 0 fully saturated rings. The molecule has 0 radical (unpaired) electrons. The van der Waals surface area contributed by atoms with Crippen molar-refractivity contribution in [1.82, 2.24) is 9.55 Å². The van der Waals surface area contributed by atoms with Crippen LogP contribution in [0.5, 0.6) is 5.75 Å². The molecule has 3 nitrogen and oxygen atoms in total. The molecule has 0 aliphatic heterocycles. The van der Waals surface area contributed by atoms with Gasteiger partial charge in [0.15, 0.2) is 0 Å². The van der Waals surface area contributed by atoms with Crippen LogP contribution in [0.15, 0.2) is 48.8 Å². The lowest BCUT2D eigenvalue weighted by Crippen LogP contribution is -2.06. The van der Waals surface area contributed by atoms with Crippen LogP contribution >= 0.6 is 0 Å². The largest absolute Gasteiger partial charge is 0.496 e. The van der Waals surface area contributed by atoms with Crippen LogP contribution in [0, 0.1) is 11.6 Å². The Kier molecular flexibility index (Phi) is 5.66. The summed E-state index contributed by atoms with van der Waals surface area (Å²) >= 11 is 0. The zero-order chi connectivity index (χ0) is 18.5. The van der Waals surface area contributed by atoms with Crippen LogP contribution in [-0.4, -0.2) is 16.7 Å². The Labute approximate surface area is 152 Å². The zero-order valence-electron chi connectivity index (χ0n) is 15.0. The van der Waals surface area contributed by atoms with E-state index in [1.165, 1.54) is 12.1 Å². The SMILES string of the molecule is CCCCc1c(-c2ccccc2OC)ncn1Cc1ccc(F)cc1F. The molecule has 3 aromatic rings. The second-order valence-electron chi connectivity index (χ2n) is 6.21. The van der Waals surface area contributed by atoms with Crippen molar-refractivity contribution in [2.45, 2.75) is 32.7 Å². The number of hydrogen-bond acceptors (Lipinski definition) is 2. The highest BCUT2D eigenvalue weighted by atomic mass is 19.1. The van der Waals surface area contributed by atoms with Gasteiger partial charge in [0, 0.05) is 22.9 Å². The van der Waals surface area contributed by atoms with Crippen LogP contribution < -0.4 is 4.74 Å². The van der Waals surface area contributed by atoms with E-state index >= 15 is 0 Å². The fraction of sp³-hybridized carbons (Fsp3) is 0.286. The normalized spacial score (nSPS) is 10.9. The van der Waals surface area contributed by atoms with Crippen LogP contribution in [0.1, 0.15) is 31.0 Å². The molecule has 26 heavy (non-hydrogen) atoms. The van der Waals surface area contributed by atoms with Crippen LogP contribution in [0.4, 0.5) is 8.78 Å². The van der Waals surface area contributed by atoms with Gasteiger partial charge in [0.2, 0.25) is 0 Å². The number of rotatable bonds is 7. The fourth-order valence-electron chi connectivity index (χ4n) is 3.05. The molecule has 0 N–H and O–H groups in total. The Morgan fingerprint density at radius 3 is 2.65 bits per heavy atom. The molecule has 1 aromatic heterocycles. The second kappa shape index (κ2) is 8.13. The Balaban J connectivity index is 2.02. The quantitative estimate of drug-likeness (QED) is 0.580. The van der Waals surface area contributed by atoms with E-state index < -0.39 is 11.6 Å². The van der Waals surface area contributed by atoms with Gasteiger partial charge in [-0.05, 0) is 31.0 Å². The van der Waals surface area contributed by atoms with Gasteiger partial charge in [-0.1, -0.05) is 31.5 Å². The van der Waals surface area contributed by atoms with Gasteiger partial charge in [0.05, 0.1) is 25.7 Å². The molecule has 0 atom stereocenters. The standard InChI is InChI=1S/C21H22F2N2O/c1-3-4-8-19-21(17-7-5-6-9-20(17)26-2)24-14-25(19)13-15-10-11-16(22)12-18(15)23/h5-7,9-12,14H,3-4,8,13H2,1-2H3. The highest BCUT2D eigenvalue weighted by Crippen LogP contribution is 2.32. The van der Waals surface area contributed by atoms with Crippen LogP contribution in [0.25, 0.3) is 11.3 Å². The average molecular weight is 356 g/mol. The number of unbranched alkanes of at least 4 members (excludes halogenated alkanes) is 1. The predicted octanol–water partition coefficient (Wildman–Crippen LogP) is 5.23. The van der Waals surface area contributed by atoms with Crippen LogP contribution in [-0.2, 0) is 13.0 Å². The molecule has 0 aliphatic carbocycles. The first kappa shape index (κ1) is 18.1. The summed E-state index contributed by atoms with van der Waals surface area (Å²) in [5.41, 5.74) is 3.23. The molecule has 0 saturated carbocycles. The van der Waals surface area contributed by atoms with Crippen molar-refractivity contribution >= 4 is 0 Å². The first-order valence-electron chi connectivity index (χ1n) is 8.75. The van der Waals surface area contributed by atoms with E-state index in [0.29, 0.717) is 12.1 Å². The second-order valence-corrected chi connectivity index (χ2v) is 6.21. The highest BCUT2D eigenvalue weighted by Gasteiger charge is 2.17. The van der Waals surface area contributed by atoms with E-state index in [9.17, 15) is 8.78 Å². The molecular formula is C21H22F2N2O. The number of para-hydroxylation sites is 1. The van der Waals surface area contributed by atoms with Gasteiger partial charge in [-0.2, -0.15) is 0 Å². The number of ether oxygens (including phenoxy) is 1. The zero-order valence-corrected chi connectivity index (χ0v) is 15.0. The Bertz CT molecular complexity index is 889. The summed E-state index contributed by atoms with van der Waals surface area (Å²) in [5, 5.41) is 0. The van der Waals surface area contributed by atoms with E-state index in [4.69, 9.17) is 4.74 Å². The number of hydrogen-bond donors (Lipinski definition) is 0. The van der Waals surface area contributed by atoms with Gasteiger partial charge in [0.1, 0.15) is 17.4 Å². The Morgan fingerprint density at radius 1 is 1.12 bits per heavy atom. The lowest BCUT2D eigenvalue weighted by atomic mass is 10.1. The van der Waals surface area contributed by atoms with Crippen molar-refractivity contribution in [1.29, 1.82) is 0 Å². The average Bonchev–Trinajstić information content (AvgIpc) is 3.04. The molecule has 0 aliphatic rings. The number of aromatic nitrogens is 2. The molecule has 2 aromatic carbocycles. The van der Waals surface area contributed by atoms with Crippen molar-refractivity contribution in [3.63, 3.8) is 0 Å². The molecule has 0 spiro atoms. The summed E-state index contributed by atoms with van der Waals surface area (Å²) in [6.07, 6.45) is 4.59. The molecule has 3 rings (SSSR count). The number of halogens is 2. The topological polar surface area (TPSA) is 27.1 Å². The minimum atomic E-state index is -0.571. The minimum Gasteiger partial charge on any atom is -0.496 e. The molecular weight excluding hydrogens is 334 g/mol. The third-order valence-corrected chi connectivity index (χ3v) is 4.43. The van der Waals surface area contributed by atoms with E-state index in [0.717, 1.165) is 48.0 Å². The number of imidazole rings is 1. The first-order valence-corrected chi connectivity index (χ1v) is 8.75. The lowest BCUT2D eigenvalue weighted by molar-refractivity contribution is 0.416. The maximum atomic E-state index is 14.1. The predicted molar refractivity (Wildman–Crippen MR) is 98.3 cm³/mol. The van der Waals surface area contributed by atoms with Crippen LogP contribution in [0.3, 0.4) is 0 Å². The summed E-state index contributed by atoms with van der Waals surface area (Å²) in [7, 11) is 1.63. The lowest BCUT2D eigenvalue weighted by Gasteiger charge is -2.12. The smallest absolute Gasteiger partial charge is 0.131 e. The van der Waals surface area contributed by atoms with Crippen molar-refractivity contribution in [2.24, 2.45) is 0 Å². The van der Waals surface area contributed by atoms with E-state index in [-0.39, 0.29) is 0 Å². The molecule has 0 amide bonds. The minimum absolute atomic E-state index is 0.313. The van der Waals surface area contributed by atoms with E-state index in [2.05, 4.69) is 11.9 Å². The first-order chi connectivity index (χ1) is 12.6. The highest BCUT2D eigenvalue weighted by molar-refractivity contribution is 5.69. The summed E-state index contributed by atoms with van der Waals surface area (Å²) in [4.78, 5) is 4.58. The van der Waals surface area contributed by atoms with Gasteiger partial charge >= 0.3 is 0 Å². The Hall–Kier alpha value is -2.69. The number of benzene rings is 2. The van der Waals surface area contributed by atoms with Gasteiger partial charge in [0.25, 0.3) is 0 Å². The van der Waals surface area contributed by atoms with Gasteiger partial charge in [-0.3, -0.25) is 0 Å². The number of nitrogens with zero attached hydrogens (tertiary/aromatic N) is 2. The van der Waals surface area contributed by atoms with Gasteiger partial charge in [-0.15, -0.1) is 0 Å². The maximum absolute atomic E-state index is 14.1. The Morgan fingerprint density at radius 2 is 1.92 bits per heavy atom.